The molecule has 1 amide bonds. The molecule has 2 fully saturated rings. The first kappa shape index (κ1) is 13.8. The number of nitrogens with one attached hydrogen (secondary N) is 1. The smallest absolute Gasteiger partial charge is 0.306 e. The van der Waals surface area contributed by atoms with E-state index in [1.165, 1.54) is 11.1 Å². The molecule has 0 heterocycles. The monoisotopic (exact) mass is 299 g/mol. The molecule has 3 aliphatic rings. The average molecular weight is 299 g/mol. The Bertz CT molecular complexity index is 635. The van der Waals surface area contributed by atoms with E-state index in [2.05, 4.69) is 29.6 Å². The van der Waals surface area contributed by atoms with Crippen LogP contribution >= 0.6 is 0 Å². The molecule has 4 nitrogen and oxygen atoms in total. The van der Waals surface area contributed by atoms with Crippen LogP contribution in [0.3, 0.4) is 0 Å². The Balaban J connectivity index is 1.42. The van der Waals surface area contributed by atoms with E-state index >= 15 is 0 Å². The van der Waals surface area contributed by atoms with E-state index in [4.69, 9.17) is 5.11 Å². The summed E-state index contributed by atoms with van der Waals surface area (Å²) in [6.07, 6.45) is 5.49. The van der Waals surface area contributed by atoms with Gasteiger partial charge in [0.25, 0.3) is 0 Å². The van der Waals surface area contributed by atoms with Gasteiger partial charge >= 0.3 is 5.97 Å². The highest BCUT2D eigenvalue weighted by Gasteiger charge is 2.60. The van der Waals surface area contributed by atoms with Crippen molar-refractivity contribution in [3.8, 4) is 0 Å². The summed E-state index contributed by atoms with van der Waals surface area (Å²) in [6, 6.07) is 8.58. The third-order valence-corrected chi connectivity index (χ3v) is 5.85. The number of amides is 1. The first-order valence-electron chi connectivity index (χ1n) is 8.22. The van der Waals surface area contributed by atoms with Gasteiger partial charge in [0.1, 0.15) is 0 Å². The summed E-state index contributed by atoms with van der Waals surface area (Å²) in [5, 5.41) is 12.0. The number of carboxylic acids is 1. The van der Waals surface area contributed by atoms with Gasteiger partial charge in [0.2, 0.25) is 5.91 Å². The fourth-order valence-electron chi connectivity index (χ4n) is 4.42. The fraction of sp³-hybridized carbons (Fsp3) is 0.556. The van der Waals surface area contributed by atoms with Crippen molar-refractivity contribution in [2.24, 2.45) is 11.8 Å². The molecule has 1 aromatic carbocycles. The van der Waals surface area contributed by atoms with Crippen LogP contribution in [-0.4, -0.2) is 23.0 Å². The molecule has 1 spiro atoms. The zero-order valence-electron chi connectivity index (χ0n) is 12.5. The summed E-state index contributed by atoms with van der Waals surface area (Å²) < 4.78 is 0. The normalized spacial score (nSPS) is 35.4. The maximum absolute atomic E-state index is 12.5. The molecule has 3 aliphatic carbocycles. The van der Waals surface area contributed by atoms with Crippen LogP contribution in [0.5, 0.6) is 0 Å². The van der Waals surface area contributed by atoms with Crippen molar-refractivity contribution in [2.45, 2.75) is 50.0 Å². The molecule has 0 radical (unpaired) electrons. The van der Waals surface area contributed by atoms with E-state index in [0.29, 0.717) is 12.8 Å². The third kappa shape index (κ3) is 2.04. The minimum Gasteiger partial charge on any atom is -0.481 e. The maximum atomic E-state index is 12.5. The van der Waals surface area contributed by atoms with Crippen molar-refractivity contribution >= 4 is 11.9 Å². The van der Waals surface area contributed by atoms with E-state index < -0.39 is 5.97 Å². The number of carbonyl (C=O) groups excluding carboxylic acids is 1. The molecule has 4 rings (SSSR count). The molecule has 2 N–H and O–H groups in total. The number of carbonyl (C=O) groups is 2. The van der Waals surface area contributed by atoms with Crippen LogP contribution in [0.15, 0.2) is 24.3 Å². The number of rotatable bonds is 3. The van der Waals surface area contributed by atoms with Gasteiger partial charge in [0.05, 0.1) is 5.92 Å². The molecule has 116 valence electrons. The molecule has 2 saturated carbocycles. The summed E-state index contributed by atoms with van der Waals surface area (Å²) >= 11 is 0. The number of fused-ring (bicyclic) bond motifs is 2. The van der Waals surface area contributed by atoms with Crippen LogP contribution in [0.25, 0.3) is 0 Å². The van der Waals surface area contributed by atoms with E-state index in [1.54, 1.807) is 0 Å². The Morgan fingerprint density at radius 3 is 2.77 bits per heavy atom. The Hall–Kier alpha value is -1.84. The predicted octanol–water partition coefficient (Wildman–Crippen LogP) is 2.26. The van der Waals surface area contributed by atoms with Crippen LogP contribution < -0.4 is 5.32 Å². The van der Waals surface area contributed by atoms with Gasteiger partial charge in [-0.25, -0.2) is 0 Å². The summed E-state index contributed by atoms with van der Waals surface area (Å²) in [5.74, 6) is -0.799. The van der Waals surface area contributed by atoms with Gasteiger partial charge in [-0.05, 0) is 49.7 Å². The third-order valence-electron chi connectivity index (χ3n) is 5.85. The molecular formula is C18H21NO3. The van der Waals surface area contributed by atoms with Crippen molar-refractivity contribution < 1.29 is 14.7 Å². The zero-order valence-corrected chi connectivity index (χ0v) is 12.5. The second kappa shape index (κ2) is 4.83. The lowest BCUT2D eigenvalue weighted by atomic mass is 9.78. The lowest BCUT2D eigenvalue weighted by molar-refractivity contribution is -0.146. The standard InChI is InChI=1S/C18H21NO3/c20-16(19-13-8-12(9-13)17(21)22)15-10-18(15)7-3-5-11-4-1-2-6-14(11)18/h1-2,4,6,12-13,15H,3,5,7-10H2,(H,19,20)(H,21,22). The second-order valence-electron chi connectivity index (χ2n) is 7.14. The highest BCUT2D eigenvalue weighted by molar-refractivity contribution is 5.85. The number of benzene rings is 1. The molecular weight excluding hydrogens is 278 g/mol. The first-order valence-corrected chi connectivity index (χ1v) is 8.22. The maximum Gasteiger partial charge on any atom is 0.306 e. The van der Waals surface area contributed by atoms with Crippen molar-refractivity contribution in [1.82, 2.24) is 5.32 Å². The Labute approximate surface area is 129 Å². The summed E-state index contributed by atoms with van der Waals surface area (Å²) in [7, 11) is 0. The molecule has 2 atom stereocenters. The van der Waals surface area contributed by atoms with Crippen LogP contribution in [0, 0.1) is 11.8 Å². The molecule has 22 heavy (non-hydrogen) atoms. The van der Waals surface area contributed by atoms with Crippen molar-refractivity contribution in [3.05, 3.63) is 35.4 Å². The van der Waals surface area contributed by atoms with E-state index in [1.807, 2.05) is 0 Å². The van der Waals surface area contributed by atoms with Crippen LogP contribution in [0.4, 0.5) is 0 Å². The van der Waals surface area contributed by atoms with Crippen molar-refractivity contribution in [2.75, 3.05) is 0 Å². The van der Waals surface area contributed by atoms with Crippen LogP contribution in [0.1, 0.15) is 43.2 Å². The highest BCUT2D eigenvalue weighted by Crippen LogP contribution is 2.60. The van der Waals surface area contributed by atoms with Crippen molar-refractivity contribution in [3.63, 3.8) is 0 Å². The van der Waals surface area contributed by atoms with Gasteiger partial charge < -0.3 is 10.4 Å². The number of carboxylic acid groups (broad SMARTS) is 1. The van der Waals surface area contributed by atoms with E-state index in [-0.39, 0.29) is 29.2 Å². The van der Waals surface area contributed by atoms with E-state index in [9.17, 15) is 9.59 Å². The molecule has 0 bridgehead atoms. The molecule has 0 aromatic heterocycles. The van der Waals surface area contributed by atoms with Gasteiger partial charge in [0, 0.05) is 17.4 Å². The van der Waals surface area contributed by atoms with Gasteiger partial charge in [-0.1, -0.05) is 24.3 Å². The second-order valence-corrected chi connectivity index (χ2v) is 7.14. The van der Waals surface area contributed by atoms with Crippen LogP contribution in [0.2, 0.25) is 0 Å². The van der Waals surface area contributed by atoms with Gasteiger partial charge in [-0.15, -0.1) is 0 Å². The molecule has 4 heteroatoms. The Kier molecular flexibility index (Phi) is 3.03. The van der Waals surface area contributed by atoms with Gasteiger partial charge in [-0.3, -0.25) is 9.59 Å². The summed E-state index contributed by atoms with van der Waals surface area (Å²) in [5.41, 5.74) is 2.84. The first-order chi connectivity index (χ1) is 10.6. The van der Waals surface area contributed by atoms with Gasteiger partial charge in [0.15, 0.2) is 0 Å². The van der Waals surface area contributed by atoms with E-state index in [0.717, 1.165) is 25.7 Å². The molecule has 0 aliphatic heterocycles. The zero-order chi connectivity index (χ0) is 15.3. The lowest BCUT2D eigenvalue weighted by Gasteiger charge is -2.33. The highest BCUT2D eigenvalue weighted by atomic mass is 16.4. The quantitative estimate of drug-likeness (QED) is 0.899. The minimum absolute atomic E-state index is 0.0603. The predicted molar refractivity (Wildman–Crippen MR) is 81.5 cm³/mol. The van der Waals surface area contributed by atoms with Crippen molar-refractivity contribution in [1.29, 1.82) is 0 Å². The molecule has 2 unspecified atom stereocenters. The Morgan fingerprint density at radius 2 is 2.00 bits per heavy atom. The summed E-state index contributed by atoms with van der Waals surface area (Å²) in [4.78, 5) is 23.3. The minimum atomic E-state index is -0.741. The Morgan fingerprint density at radius 1 is 1.23 bits per heavy atom. The van der Waals surface area contributed by atoms with Gasteiger partial charge in [-0.2, -0.15) is 0 Å². The van der Waals surface area contributed by atoms with Crippen LogP contribution in [-0.2, 0) is 21.4 Å². The SMILES string of the molecule is O=C(O)C1CC(NC(=O)C2CC23CCCc2ccccc23)C1. The lowest BCUT2D eigenvalue weighted by Crippen LogP contribution is -2.47. The number of aliphatic carboxylic acids is 1. The number of aryl methyl sites for hydroxylation is 1. The average Bonchev–Trinajstić information content (AvgIpc) is 3.17. The number of hydrogen-bond donors (Lipinski definition) is 2. The molecule has 0 saturated heterocycles. The topological polar surface area (TPSA) is 66.4 Å². The largest absolute Gasteiger partial charge is 0.481 e. The fourth-order valence-corrected chi connectivity index (χ4v) is 4.42. The number of hydrogen-bond acceptors (Lipinski definition) is 2. The summed E-state index contributed by atoms with van der Waals surface area (Å²) in [6.45, 7) is 0. The molecule has 1 aromatic rings.